The molecule has 0 radical (unpaired) electrons. The zero-order valence-corrected chi connectivity index (χ0v) is 12.2. The second-order valence-corrected chi connectivity index (χ2v) is 5.20. The first kappa shape index (κ1) is 14.2. The molecule has 0 aliphatic rings. The third kappa shape index (κ3) is 2.56. The summed E-state index contributed by atoms with van der Waals surface area (Å²) in [6.07, 6.45) is 3.14. The quantitative estimate of drug-likeness (QED) is 0.741. The van der Waals surface area contributed by atoms with E-state index in [1.165, 1.54) is 16.0 Å². The van der Waals surface area contributed by atoms with Crippen LogP contribution >= 0.6 is 11.3 Å². The lowest BCUT2D eigenvalue weighted by atomic mass is 10.1. The third-order valence-corrected chi connectivity index (χ3v) is 3.59. The van der Waals surface area contributed by atoms with Gasteiger partial charge in [0.05, 0.1) is 0 Å². The van der Waals surface area contributed by atoms with E-state index in [-0.39, 0.29) is 5.69 Å². The Morgan fingerprint density at radius 1 is 1.41 bits per heavy atom. The molecule has 0 aliphatic heterocycles. The average molecular weight is 318 g/mol. The molecule has 0 fully saturated rings. The number of hydrogen-bond acceptors (Lipinski definition) is 8. The molecule has 3 heterocycles. The standard InChI is InChI=1S/C12H10N6O3S/c1-21-6-8-14-16-12(22-8)18-10(7-3-2-4-13-5-7)9(11(19)20)15-17-18/h2-5H,6H2,1H3,(H,19,20). The van der Waals surface area contributed by atoms with Crippen molar-refractivity contribution < 1.29 is 14.6 Å². The van der Waals surface area contributed by atoms with E-state index in [9.17, 15) is 9.90 Å². The highest BCUT2D eigenvalue weighted by Gasteiger charge is 2.23. The van der Waals surface area contributed by atoms with Gasteiger partial charge in [-0.25, -0.2) is 4.79 Å². The molecule has 112 valence electrons. The van der Waals surface area contributed by atoms with Crippen molar-refractivity contribution in [3.63, 3.8) is 0 Å². The molecule has 0 saturated carbocycles. The average Bonchev–Trinajstić information content (AvgIpc) is 3.14. The number of methoxy groups -OCH3 is 1. The van der Waals surface area contributed by atoms with E-state index in [1.54, 1.807) is 31.6 Å². The topological polar surface area (TPSA) is 116 Å². The van der Waals surface area contributed by atoms with Gasteiger partial charge < -0.3 is 9.84 Å². The number of carbonyl (C=O) groups is 1. The maximum Gasteiger partial charge on any atom is 0.358 e. The Labute approximate surface area is 128 Å². The van der Waals surface area contributed by atoms with Crippen molar-refractivity contribution in [2.75, 3.05) is 7.11 Å². The fourth-order valence-corrected chi connectivity index (χ4v) is 2.60. The molecule has 0 spiro atoms. The van der Waals surface area contributed by atoms with Gasteiger partial charge in [-0.15, -0.1) is 15.3 Å². The summed E-state index contributed by atoms with van der Waals surface area (Å²) in [6.45, 7) is 0.320. The minimum Gasteiger partial charge on any atom is -0.476 e. The number of carboxylic acids is 1. The Morgan fingerprint density at radius 3 is 2.95 bits per heavy atom. The van der Waals surface area contributed by atoms with Gasteiger partial charge in [0.1, 0.15) is 17.3 Å². The van der Waals surface area contributed by atoms with Crippen LogP contribution in [0.4, 0.5) is 0 Å². The van der Waals surface area contributed by atoms with Crippen LogP contribution in [0.1, 0.15) is 15.5 Å². The van der Waals surface area contributed by atoms with Crippen LogP contribution < -0.4 is 0 Å². The zero-order chi connectivity index (χ0) is 15.5. The Balaban J connectivity index is 2.13. The van der Waals surface area contributed by atoms with Gasteiger partial charge in [-0.1, -0.05) is 16.6 Å². The second-order valence-electron chi connectivity index (χ2n) is 4.16. The van der Waals surface area contributed by atoms with Crippen molar-refractivity contribution in [3.05, 3.63) is 35.2 Å². The highest BCUT2D eigenvalue weighted by atomic mass is 32.1. The van der Waals surface area contributed by atoms with Gasteiger partial charge in [-0.3, -0.25) is 4.98 Å². The lowest BCUT2D eigenvalue weighted by Crippen LogP contribution is -2.03. The van der Waals surface area contributed by atoms with Gasteiger partial charge in [0.25, 0.3) is 0 Å². The lowest BCUT2D eigenvalue weighted by Gasteiger charge is -2.02. The number of ether oxygens (including phenoxy) is 1. The summed E-state index contributed by atoms with van der Waals surface area (Å²) < 4.78 is 6.34. The minimum absolute atomic E-state index is 0.170. The largest absolute Gasteiger partial charge is 0.476 e. The molecule has 3 rings (SSSR count). The predicted molar refractivity (Wildman–Crippen MR) is 75.7 cm³/mol. The smallest absolute Gasteiger partial charge is 0.358 e. The van der Waals surface area contributed by atoms with Crippen molar-refractivity contribution in [2.45, 2.75) is 6.61 Å². The molecule has 0 unspecified atom stereocenters. The molecule has 9 nitrogen and oxygen atoms in total. The minimum atomic E-state index is -1.17. The Morgan fingerprint density at radius 2 is 2.27 bits per heavy atom. The van der Waals surface area contributed by atoms with Gasteiger partial charge in [-0.05, 0) is 12.1 Å². The molecule has 0 saturated heterocycles. The van der Waals surface area contributed by atoms with Crippen LogP contribution in [-0.2, 0) is 11.3 Å². The van der Waals surface area contributed by atoms with Crippen LogP contribution in [-0.4, -0.2) is 48.4 Å². The summed E-state index contributed by atoms with van der Waals surface area (Å²) in [6, 6.07) is 3.43. The van der Waals surface area contributed by atoms with Crippen LogP contribution in [0.2, 0.25) is 0 Å². The van der Waals surface area contributed by atoms with Crippen molar-refractivity contribution in [3.8, 4) is 16.4 Å². The molecular weight excluding hydrogens is 308 g/mol. The summed E-state index contributed by atoms with van der Waals surface area (Å²) in [5, 5.41) is 25.9. The molecule has 0 aliphatic carbocycles. The van der Waals surface area contributed by atoms with Crippen LogP contribution in [0.3, 0.4) is 0 Å². The van der Waals surface area contributed by atoms with Gasteiger partial charge in [0.2, 0.25) is 5.13 Å². The van der Waals surface area contributed by atoms with Gasteiger partial charge >= 0.3 is 5.97 Å². The van der Waals surface area contributed by atoms with E-state index in [1.807, 2.05) is 0 Å². The van der Waals surface area contributed by atoms with Crippen molar-refractivity contribution >= 4 is 17.3 Å². The predicted octanol–water partition coefficient (Wildman–Crippen LogP) is 1.03. The highest BCUT2D eigenvalue weighted by molar-refractivity contribution is 7.13. The number of aromatic nitrogens is 6. The number of nitrogens with zero attached hydrogens (tertiary/aromatic N) is 6. The summed E-state index contributed by atoms with van der Waals surface area (Å²) in [5.41, 5.74) is 0.714. The van der Waals surface area contributed by atoms with E-state index in [4.69, 9.17) is 4.74 Å². The first-order valence-electron chi connectivity index (χ1n) is 6.11. The molecular formula is C12H10N6O3S. The first-order chi connectivity index (χ1) is 10.7. The fourth-order valence-electron chi connectivity index (χ4n) is 1.83. The van der Waals surface area contributed by atoms with Crippen molar-refractivity contribution in [1.82, 2.24) is 30.2 Å². The first-order valence-corrected chi connectivity index (χ1v) is 6.93. The van der Waals surface area contributed by atoms with E-state index in [2.05, 4.69) is 25.5 Å². The van der Waals surface area contributed by atoms with Crippen LogP contribution in [0.25, 0.3) is 16.4 Å². The maximum atomic E-state index is 11.4. The fraction of sp³-hybridized carbons (Fsp3) is 0.167. The SMILES string of the molecule is COCc1nnc(-n2nnc(C(=O)O)c2-c2cccnc2)s1. The van der Waals surface area contributed by atoms with Crippen molar-refractivity contribution in [2.24, 2.45) is 0 Å². The van der Waals surface area contributed by atoms with Crippen LogP contribution in [0.5, 0.6) is 0 Å². The normalized spacial score (nSPS) is 10.8. The van der Waals surface area contributed by atoms with Crippen molar-refractivity contribution in [1.29, 1.82) is 0 Å². The maximum absolute atomic E-state index is 11.4. The number of rotatable bonds is 5. The molecule has 0 amide bonds. The Hall–Kier alpha value is -2.72. The molecule has 10 heteroatoms. The van der Waals surface area contributed by atoms with Gasteiger partial charge in [0.15, 0.2) is 5.69 Å². The summed E-state index contributed by atoms with van der Waals surface area (Å²) in [5.74, 6) is -1.17. The molecule has 0 aromatic carbocycles. The Bertz CT molecular complexity index is 800. The number of carboxylic acid groups (broad SMARTS) is 1. The molecule has 0 bridgehead atoms. The molecule has 1 N–H and O–H groups in total. The van der Waals surface area contributed by atoms with E-state index < -0.39 is 5.97 Å². The lowest BCUT2D eigenvalue weighted by molar-refractivity contribution is 0.0691. The van der Waals surface area contributed by atoms with E-state index >= 15 is 0 Å². The third-order valence-electron chi connectivity index (χ3n) is 2.71. The zero-order valence-electron chi connectivity index (χ0n) is 11.4. The van der Waals surface area contributed by atoms with Gasteiger partial charge in [-0.2, -0.15) is 4.68 Å². The molecule has 3 aromatic heterocycles. The molecule has 0 atom stereocenters. The van der Waals surface area contributed by atoms with E-state index in [0.717, 1.165) is 0 Å². The number of pyridine rings is 1. The highest BCUT2D eigenvalue weighted by Crippen LogP contribution is 2.26. The summed E-state index contributed by atoms with van der Waals surface area (Å²) in [4.78, 5) is 15.4. The van der Waals surface area contributed by atoms with Crippen LogP contribution in [0, 0.1) is 0 Å². The number of aromatic carboxylic acids is 1. The van der Waals surface area contributed by atoms with Crippen LogP contribution in [0.15, 0.2) is 24.5 Å². The summed E-state index contributed by atoms with van der Waals surface area (Å²) in [7, 11) is 1.56. The number of hydrogen-bond donors (Lipinski definition) is 1. The summed E-state index contributed by atoms with van der Waals surface area (Å²) >= 11 is 1.24. The molecule has 22 heavy (non-hydrogen) atoms. The monoisotopic (exact) mass is 318 g/mol. The van der Waals surface area contributed by atoms with E-state index in [0.29, 0.717) is 28.0 Å². The van der Waals surface area contributed by atoms with Gasteiger partial charge in [0, 0.05) is 25.1 Å². The second kappa shape index (κ2) is 5.95. The molecule has 3 aromatic rings. The Kier molecular flexibility index (Phi) is 3.85.